The van der Waals surface area contributed by atoms with E-state index in [4.69, 9.17) is 31.2 Å². The lowest BCUT2D eigenvalue weighted by Gasteiger charge is -2.17. The molecule has 1 saturated carbocycles. The number of hydrogen-bond acceptors (Lipinski definition) is 6. The molecule has 1 aliphatic rings. The van der Waals surface area contributed by atoms with Crippen LogP contribution in [0.5, 0.6) is 0 Å². The Morgan fingerprint density at radius 3 is 2.00 bits per heavy atom. The van der Waals surface area contributed by atoms with Gasteiger partial charge in [-0.3, -0.25) is 0 Å². The molecule has 210 valence electrons. The van der Waals surface area contributed by atoms with Crippen LogP contribution in [0.1, 0.15) is 51.3 Å². The normalized spacial score (nSPS) is 12.8. The molecular weight excluding hydrogens is 570 g/mol. The van der Waals surface area contributed by atoms with E-state index in [2.05, 4.69) is 35.9 Å². The molecule has 0 unspecified atom stereocenters. The molecular formula is C25H34ClN3O6S3. The van der Waals surface area contributed by atoms with Crippen LogP contribution in [0.2, 0.25) is 5.02 Å². The number of hydrogen-bond donors (Lipinski definition) is 4. The maximum absolute atomic E-state index is 12.4. The Balaban J connectivity index is 0.00000121. The van der Waals surface area contributed by atoms with Gasteiger partial charge in [-0.15, -0.1) is 0 Å². The number of rotatable bonds is 4. The molecule has 1 aromatic heterocycles. The molecule has 0 bridgehead atoms. The molecule has 2 aromatic carbocycles. The number of sulfone groups is 1. The van der Waals surface area contributed by atoms with Crippen molar-refractivity contribution in [2.24, 2.45) is 11.5 Å². The van der Waals surface area contributed by atoms with Crippen molar-refractivity contribution < 1.29 is 28.5 Å². The summed E-state index contributed by atoms with van der Waals surface area (Å²) in [5, 5.41) is 14.8. The second-order valence-corrected chi connectivity index (χ2v) is 11.3. The van der Waals surface area contributed by atoms with Gasteiger partial charge in [-0.1, -0.05) is 56.5 Å². The van der Waals surface area contributed by atoms with Crippen molar-refractivity contribution in [1.29, 1.82) is 0 Å². The van der Waals surface area contributed by atoms with Crippen LogP contribution in [0.25, 0.3) is 22.6 Å². The standard InChI is InChI=1S/C22H22ClNO3S.2CH3NOS.CH4.H2O/c1-28(25,26)19-10-6-5-9-18(19)20-21(15-11-13-17(23)14-12-15)27-22(24-20)16-7-3-2-4-8-16;2*2-1(3)4;;/h5-6,9-14,16H,2-4,7-8H2,1H3;2*(H3,2,3,4);1H4;1H2. The highest BCUT2D eigenvalue weighted by Crippen LogP contribution is 2.40. The fourth-order valence-corrected chi connectivity index (χ4v) is 4.84. The van der Waals surface area contributed by atoms with Gasteiger partial charge in [0.1, 0.15) is 5.69 Å². The Labute approximate surface area is 239 Å². The lowest BCUT2D eigenvalue weighted by atomic mass is 9.89. The van der Waals surface area contributed by atoms with Crippen LogP contribution in [-0.2, 0) is 9.84 Å². The third-order valence-corrected chi connectivity index (χ3v) is 6.65. The van der Waals surface area contributed by atoms with Crippen LogP contribution in [0.15, 0.2) is 57.8 Å². The number of thiocarbonyl (C=S) groups is 2. The van der Waals surface area contributed by atoms with Gasteiger partial charge in [-0.05, 0) is 67.6 Å². The maximum Gasteiger partial charge on any atom is 0.251 e. The first-order chi connectivity index (χ1) is 16.9. The zero-order valence-electron chi connectivity index (χ0n) is 20.1. The number of nitrogens with two attached hydrogens (primary N) is 2. The van der Waals surface area contributed by atoms with Gasteiger partial charge in [-0.25, -0.2) is 13.4 Å². The van der Waals surface area contributed by atoms with Crippen molar-refractivity contribution >= 4 is 56.2 Å². The van der Waals surface area contributed by atoms with E-state index in [1.807, 2.05) is 18.2 Å². The molecule has 13 heteroatoms. The lowest BCUT2D eigenvalue weighted by molar-refractivity contribution is 0.367. The predicted octanol–water partition coefficient (Wildman–Crippen LogP) is 5.50. The molecule has 0 saturated heterocycles. The van der Waals surface area contributed by atoms with Crippen LogP contribution in [-0.4, -0.2) is 45.7 Å². The molecule has 9 nitrogen and oxygen atoms in total. The van der Waals surface area contributed by atoms with Gasteiger partial charge in [0.05, 0.1) is 4.90 Å². The summed E-state index contributed by atoms with van der Waals surface area (Å²) in [6.45, 7) is 0. The molecule has 1 heterocycles. The maximum atomic E-state index is 12.4. The molecule has 1 aliphatic carbocycles. The summed E-state index contributed by atoms with van der Waals surface area (Å²) < 4.78 is 31.0. The highest BCUT2D eigenvalue weighted by molar-refractivity contribution is 7.90. The topological polar surface area (TPSA) is 184 Å². The van der Waals surface area contributed by atoms with Crippen LogP contribution in [0, 0.1) is 0 Å². The predicted molar refractivity (Wildman–Crippen MR) is 160 cm³/mol. The number of oxazole rings is 1. The smallest absolute Gasteiger partial charge is 0.251 e. The first-order valence-corrected chi connectivity index (χ1v) is 14.0. The van der Waals surface area contributed by atoms with E-state index in [1.54, 1.807) is 30.3 Å². The van der Waals surface area contributed by atoms with Gasteiger partial charge in [-0.2, -0.15) is 0 Å². The highest BCUT2D eigenvalue weighted by Gasteiger charge is 2.27. The number of nitrogens with zero attached hydrogens (tertiary/aromatic N) is 1. The summed E-state index contributed by atoms with van der Waals surface area (Å²) in [5.41, 5.74) is 10.8. The quantitative estimate of drug-likeness (QED) is 0.277. The summed E-state index contributed by atoms with van der Waals surface area (Å²) in [7, 11) is -3.41. The molecule has 1 fully saturated rings. The average molecular weight is 604 g/mol. The molecule has 0 atom stereocenters. The second-order valence-electron chi connectivity index (χ2n) is 8.02. The van der Waals surface area contributed by atoms with E-state index < -0.39 is 20.2 Å². The van der Waals surface area contributed by atoms with Crippen LogP contribution < -0.4 is 11.5 Å². The second kappa shape index (κ2) is 16.2. The van der Waals surface area contributed by atoms with Crippen molar-refractivity contribution in [2.45, 2.75) is 50.3 Å². The monoisotopic (exact) mass is 603 g/mol. The Morgan fingerprint density at radius 2 is 1.50 bits per heavy atom. The van der Waals surface area contributed by atoms with Gasteiger partial charge in [0.25, 0.3) is 10.3 Å². The lowest BCUT2D eigenvalue weighted by Crippen LogP contribution is -2.05. The summed E-state index contributed by atoms with van der Waals surface area (Å²) in [5.74, 6) is 1.57. The Hall–Kier alpha value is -2.77. The average Bonchev–Trinajstić information content (AvgIpc) is 3.24. The van der Waals surface area contributed by atoms with Crippen molar-refractivity contribution in [3.8, 4) is 22.6 Å². The zero-order valence-corrected chi connectivity index (χ0v) is 23.3. The van der Waals surface area contributed by atoms with Crippen molar-refractivity contribution in [1.82, 2.24) is 4.98 Å². The minimum absolute atomic E-state index is 0. The van der Waals surface area contributed by atoms with Gasteiger partial charge >= 0.3 is 0 Å². The van der Waals surface area contributed by atoms with E-state index in [0.29, 0.717) is 27.9 Å². The van der Waals surface area contributed by atoms with Gasteiger partial charge in [0.15, 0.2) is 21.5 Å². The molecule has 8 N–H and O–H groups in total. The molecule has 0 amide bonds. The van der Waals surface area contributed by atoms with E-state index in [-0.39, 0.29) is 23.7 Å². The van der Waals surface area contributed by atoms with Crippen molar-refractivity contribution in [3.63, 3.8) is 0 Å². The molecule has 0 spiro atoms. The minimum atomic E-state index is -3.41. The summed E-state index contributed by atoms with van der Waals surface area (Å²) in [6, 6.07) is 14.3. The molecule has 38 heavy (non-hydrogen) atoms. The van der Waals surface area contributed by atoms with Crippen LogP contribution in [0.4, 0.5) is 0 Å². The Kier molecular flexibility index (Phi) is 15.1. The van der Waals surface area contributed by atoms with Gasteiger partial charge < -0.3 is 31.6 Å². The fourth-order valence-electron chi connectivity index (χ4n) is 3.83. The van der Waals surface area contributed by atoms with Crippen molar-refractivity contribution in [2.75, 3.05) is 6.26 Å². The van der Waals surface area contributed by atoms with Gasteiger partial charge in [0, 0.05) is 28.3 Å². The first kappa shape index (κ1) is 35.2. The SMILES string of the molecule is C.CS(=O)(=O)c1ccccc1-c1nc(C2CCCCC2)oc1-c1ccc(Cl)cc1.NC(O)=S.NC(O)=S.O. The number of aromatic nitrogens is 1. The Morgan fingerprint density at radius 1 is 1.00 bits per heavy atom. The Bertz CT molecular complexity index is 1270. The summed E-state index contributed by atoms with van der Waals surface area (Å²) in [4.78, 5) is 5.07. The van der Waals surface area contributed by atoms with Crippen molar-refractivity contribution in [3.05, 3.63) is 59.4 Å². The largest absolute Gasteiger partial charge is 0.487 e. The van der Waals surface area contributed by atoms with Crippen LogP contribution >= 0.6 is 36.0 Å². The summed E-state index contributed by atoms with van der Waals surface area (Å²) >= 11 is 13.8. The third kappa shape index (κ3) is 10.9. The number of aliphatic hydroxyl groups is 2. The first-order valence-electron chi connectivity index (χ1n) is 10.9. The molecule has 4 rings (SSSR count). The van der Waals surface area contributed by atoms with E-state index in [9.17, 15) is 8.42 Å². The van der Waals surface area contributed by atoms with E-state index >= 15 is 0 Å². The number of halogens is 1. The summed E-state index contributed by atoms with van der Waals surface area (Å²) in [6.07, 6.45) is 6.89. The van der Waals surface area contributed by atoms with E-state index in [0.717, 1.165) is 18.4 Å². The number of benzene rings is 2. The number of aliphatic hydroxyl groups excluding tert-OH is 2. The van der Waals surface area contributed by atoms with E-state index in [1.165, 1.54) is 25.5 Å². The van der Waals surface area contributed by atoms with Gasteiger partial charge in [0.2, 0.25) is 0 Å². The zero-order chi connectivity index (χ0) is 26.9. The molecule has 3 aromatic rings. The molecule has 0 aliphatic heterocycles. The molecule has 0 radical (unpaired) electrons. The minimum Gasteiger partial charge on any atom is -0.487 e. The van der Waals surface area contributed by atoms with Crippen LogP contribution in [0.3, 0.4) is 0 Å². The fraction of sp³-hybridized carbons (Fsp3) is 0.320. The third-order valence-electron chi connectivity index (χ3n) is 5.25. The highest BCUT2D eigenvalue weighted by atomic mass is 35.5.